The van der Waals surface area contributed by atoms with Crippen molar-refractivity contribution in [1.29, 1.82) is 5.26 Å². The Kier molecular flexibility index (Phi) is 1.80. The van der Waals surface area contributed by atoms with Crippen molar-refractivity contribution in [3.8, 4) is 6.07 Å². The van der Waals surface area contributed by atoms with Gasteiger partial charge in [-0.3, -0.25) is 0 Å². The number of hydrogen-bond acceptors (Lipinski definition) is 3. The summed E-state index contributed by atoms with van der Waals surface area (Å²) in [5.74, 6) is -2.86. The van der Waals surface area contributed by atoms with Crippen molar-refractivity contribution < 1.29 is 14.6 Å². The fourth-order valence-corrected chi connectivity index (χ4v) is 0.102. The van der Waals surface area contributed by atoms with Gasteiger partial charge in [0.05, 0.1) is 0 Å². The Bertz CT molecular complexity index is 142. The first-order valence-corrected chi connectivity index (χ1v) is 2.36. The van der Waals surface area contributed by atoms with E-state index in [2.05, 4.69) is 0 Å². The maximum Gasteiger partial charge on any atom is 0.246 e. The Morgan fingerprint density at radius 3 is 1.78 bits per heavy atom. The first-order chi connectivity index (χ1) is 3.81. The summed E-state index contributed by atoms with van der Waals surface area (Å²) in [4.78, 5) is 0. The Morgan fingerprint density at radius 2 is 1.78 bits per heavy atom. The largest absolute Gasteiger partial charge is 0.371 e. The summed E-state index contributed by atoms with van der Waals surface area (Å²) < 4.78 is 12.3. The first kappa shape index (κ1) is 8.34. The number of alkyl halides is 1. The fourth-order valence-electron chi connectivity index (χ4n) is 0.102. The lowest BCUT2D eigenvalue weighted by Gasteiger charge is -2.23. The van der Waals surface area contributed by atoms with Gasteiger partial charge in [-0.05, 0) is 13.8 Å². The minimum absolute atomic E-state index is 0.718. The number of hydrogen-bond donors (Lipinski definition) is 2. The smallest absolute Gasteiger partial charge is 0.246 e. The quantitative estimate of drug-likeness (QED) is 0.492. The van der Waals surface area contributed by atoms with E-state index < -0.39 is 11.5 Å². The van der Waals surface area contributed by atoms with E-state index in [0.717, 1.165) is 13.8 Å². The molecule has 0 aliphatic carbocycles. The van der Waals surface area contributed by atoms with Crippen molar-refractivity contribution >= 4 is 0 Å². The maximum atomic E-state index is 12.3. The predicted octanol–water partition coefficient (Wildman–Crippen LogP) is -0.0610. The number of nitrogens with zero attached hydrogens (tertiary/aromatic N) is 1. The van der Waals surface area contributed by atoms with Crippen molar-refractivity contribution in [3.63, 3.8) is 0 Å². The van der Waals surface area contributed by atoms with Crippen LogP contribution in [0.4, 0.5) is 4.39 Å². The van der Waals surface area contributed by atoms with Crippen LogP contribution in [0.5, 0.6) is 0 Å². The van der Waals surface area contributed by atoms with Gasteiger partial charge in [-0.1, -0.05) is 0 Å². The SMILES string of the molecule is CC(O)(F)C(C)(O)C#N. The second-order valence-corrected chi connectivity index (χ2v) is 2.14. The molecule has 0 aromatic rings. The van der Waals surface area contributed by atoms with Crippen LogP contribution in [0, 0.1) is 11.3 Å². The molecule has 52 valence electrons. The molecule has 0 radical (unpaired) electrons. The molecule has 0 aromatic heterocycles. The van der Waals surface area contributed by atoms with Crippen molar-refractivity contribution in [1.82, 2.24) is 0 Å². The Hall–Kier alpha value is -0.660. The highest BCUT2D eigenvalue weighted by Gasteiger charge is 2.42. The van der Waals surface area contributed by atoms with Crippen LogP contribution >= 0.6 is 0 Å². The zero-order valence-electron chi connectivity index (χ0n) is 5.22. The molecule has 0 aromatic carbocycles. The van der Waals surface area contributed by atoms with Gasteiger partial charge in [-0.15, -0.1) is 0 Å². The van der Waals surface area contributed by atoms with E-state index in [9.17, 15) is 4.39 Å². The summed E-state index contributed by atoms with van der Waals surface area (Å²) in [7, 11) is 0. The van der Waals surface area contributed by atoms with E-state index in [-0.39, 0.29) is 0 Å². The molecule has 0 aliphatic heterocycles. The van der Waals surface area contributed by atoms with Gasteiger partial charge in [-0.2, -0.15) is 5.26 Å². The standard InChI is InChI=1S/C5H8FNO2/c1-4(8,3-7)5(2,6)9/h8-9H,1-2H3. The van der Waals surface area contributed by atoms with E-state index in [1.807, 2.05) is 0 Å². The van der Waals surface area contributed by atoms with E-state index in [4.69, 9.17) is 15.5 Å². The van der Waals surface area contributed by atoms with Crippen LogP contribution in [0.15, 0.2) is 0 Å². The Morgan fingerprint density at radius 1 is 1.44 bits per heavy atom. The van der Waals surface area contributed by atoms with Crippen LogP contribution in [-0.4, -0.2) is 21.7 Å². The maximum absolute atomic E-state index is 12.3. The molecular weight excluding hydrogens is 125 g/mol. The van der Waals surface area contributed by atoms with E-state index >= 15 is 0 Å². The molecule has 0 spiro atoms. The molecule has 9 heavy (non-hydrogen) atoms. The van der Waals surface area contributed by atoms with Crippen LogP contribution in [-0.2, 0) is 0 Å². The van der Waals surface area contributed by atoms with Gasteiger partial charge in [0.25, 0.3) is 0 Å². The zero-order chi connectivity index (χ0) is 7.71. The Labute approximate surface area is 52.3 Å². The van der Waals surface area contributed by atoms with Crippen molar-refractivity contribution in [3.05, 3.63) is 0 Å². The lowest BCUT2D eigenvalue weighted by molar-refractivity contribution is -0.182. The monoisotopic (exact) mass is 133 g/mol. The molecule has 0 bridgehead atoms. The van der Waals surface area contributed by atoms with Gasteiger partial charge in [-0.25, -0.2) is 4.39 Å². The van der Waals surface area contributed by atoms with Crippen molar-refractivity contribution in [2.75, 3.05) is 0 Å². The summed E-state index contributed by atoms with van der Waals surface area (Å²) in [5.41, 5.74) is -2.33. The van der Waals surface area contributed by atoms with Gasteiger partial charge in [0, 0.05) is 0 Å². The molecule has 0 heterocycles. The second kappa shape index (κ2) is 1.94. The van der Waals surface area contributed by atoms with Gasteiger partial charge >= 0.3 is 0 Å². The summed E-state index contributed by atoms with van der Waals surface area (Å²) in [6.45, 7) is 1.61. The molecule has 0 aliphatic rings. The van der Waals surface area contributed by atoms with Crippen LogP contribution in [0.25, 0.3) is 0 Å². The molecule has 0 rings (SSSR count). The number of halogens is 1. The summed E-state index contributed by atoms with van der Waals surface area (Å²) in [6.07, 6.45) is 0. The molecule has 0 amide bonds. The van der Waals surface area contributed by atoms with Crippen LogP contribution in [0.2, 0.25) is 0 Å². The lowest BCUT2D eigenvalue weighted by atomic mass is 10.0. The van der Waals surface area contributed by atoms with Crippen LogP contribution in [0.1, 0.15) is 13.8 Å². The molecule has 3 nitrogen and oxygen atoms in total. The van der Waals surface area contributed by atoms with E-state index in [1.165, 1.54) is 6.07 Å². The van der Waals surface area contributed by atoms with E-state index in [1.54, 1.807) is 0 Å². The average molecular weight is 133 g/mol. The molecular formula is C5H8FNO2. The average Bonchev–Trinajstić information content (AvgIpc) is 1.64. The highest BCUT2D eigenvalue weighted by Crippen LogP contribution is 2.21. The lowest BCUT2D eigenvalue weighted by Crippen LogP contribution is -2.44. The van der Waals surface area contributed by atoms with Crippen LogP contribution in [0.3, 0.4) is 0 Å². The van der Waals surface area contributed by atoms with E-state index in [0.29, 0.717) is 0 Å². The molecule has 4 heteroatoms. The van der Waals surface area contributed by atoms with Crippen LogP contribution < -0.4 is 0 Å². The summed E-state index contributed by atoms with van der Waals surface area (Å²) in [5, 5.41) is 25.1. The molecule has 2 N–H and O–H groups in total. The second-order valence-electron chi connectivity index (χ2n) is 2.14. The molecule has 0 fully saturated rings. The third-order valence-corrected chi connectivity index (χ3v) is 1.11. The Balaban J connectivity index is 4.39. The minimum atomic E-state index is -2.86. The number of aliphatic hydroxyl groups is 2. The summed E-state index contributed by atoms with van der Waals surface area (Å²) >= 11 is 0. The number of rotatable bonds is 1. The zero-order valence-corrected chi connectivity index (χ0v) is 5.22. The molecule has 2 atom stereocenters. The molecule has 0 saturated carbocycles. The third-order valence-electron chi connectivity index (χ3n) is 1.11. The molecule has 2 unspecified atom stereocenters. The van der Waals surface area contributed by atoms with Crippen molar-refractivity contribution in [2.24, 2.45) is 0 Å². The predicted molar refractivity (Wildman–Crippen MR) is 28.0 cm³/mol. The number of nitriles is 1. The van der Waals surface area contributed by atoms with Crippen molar-refractivity contribution in [2.45, 2.75) is 25.3 Å². The topological polar surface area (TPSA) is 64.2 Å². The van der Waals surface area contributed by atoms with Gasteiger partial charge in [0.15, 0.2) is 0 Å². The normalized spacial score (nSPS) is 23.6. The third kappa shape index (κ3) is 1.63. The van der Waals surface area contributed by atoms with Gasteiger partial charge < -0.3 is 10.2 Å². The molecule has 0 saturated heterocycles. The van der Waals surface area contributed by atoms with Gasteiger partial charge in [0.1, 0.15) is 6.07 Å². The highest BCUT2D eigenvalue weighted by molar-refractivity contribution is 5.03. The first-order valence-electron chi connectivity index (χ1n) is 2.36. The minimum Gasteiger partial charge on any atom is -0.371 e. The highest BCUT2D eigenvalue weighted by atomic mass is 19.2. The summed E-state index contributed by atoms with van der Waals surface area (Å²) in [6, 6.07) is 1.21. The fraction of sp³-hybridized carbons (Fsp3) is 0.800. The van der Waals surface area contributed by atoms with Gasteiger partial charge in [0.2, 0.25) is 11.5 Å².